The second-order valence-corrected chi connectivity index (χ2v) is 3.37. The molecule has 0 saturated carbocycles. The van der Waals surface area contributed by atoms with E-state index in [1.54, 1.807) is 13.1 Å². The number of pyridine rings is 1. The molecule has 6 nitrogen and oxygen atoms in total. The molecule has 82 valence electrons. The van der Waals surface area contributed by atoms with Crippen molar-refractivity contribution in [2.24, 2.45) is 0 Å². The van der Waals surface area contributed by atoms with Crippen LogP contribution < -0.4 is 10.6 Å². The Morgan fingerprint density at radius 3 is 2.60 bits per heavy atom. The zero-order valence-corrected chi connectivity index (χ0v) is 8.94. The van der Waals surface area contributed by atoms with E-state index in [0.29, 0.717) is 11.6 Å². The van der Waals surface area contributed by atoms with Crippen LogP contribution >= 0.6 is 0 Å². The van der Waals surface area contributed by atoms with Crippen LogP contribution in [0.25, 0.3) is 0 Å². The van der Waals surface area contributed by atoms with Crippen molar-refractivity contribution < 1.29 is 4.92 Å². The molecule has 0 radical (unpaired) electrons. The van der Waals surface area contributed by atoms with Gasteiger partial charge >= 0.3 is 5.69 Å². The van der Waals surface area contributed by atoms with Crippen LogP contribution in [0.2, 0.25) is 0 Å². The fraction of sp³-hybridized carbons (Fsp3) is 0.444. The summed E-state index contributed by atoms with van der Waals surface area (Å²) in [6.45, 7) is 3.80. The maximum Gasteiger partial charge on any atom is 0.311 e. The molecule has 0 fully saturated rings. The lowest BCUT2D eigenvalue weighted by molar-refractivity contribution is -0.384. The van der Waals surface area contributed by atoms with Gasteiger partial charge in [-0.1, -0.05) is 0 Å². The van der Waals surface area contributed by atoms with Gasteiger partial charge in [0.15, 0.2) is 0 Å². The second-order valence-electron chi connectivity index (χ2n) is 3.37. The molecular formula is C9H14N4O2. The van der Waals surface area contributed by atoms with Gasteiger partial charge in [-0.2, -0.15) is 0 Å². The average Bonchev–Trinajstić information content (AvgIpc) is 2.16. The maximum atomic E-state index is 10.7. The fourth-order valence-corrected chi connectivity index (χ4v) is 1.12. The monoisotopic (exact) mass is 210 g/mol. The fourth-order valence-electron chi connectivity index (χ4n) is 1.12. The lowest BCUT2D eigenvalue weighted by atomic mass is 10.3. The Labute approximate surface area is 87.9 Å². The van der Waals surface area contributed by atoms with Gasteiger partial charge in [-0.15, -0.1) is 0 Å². The van der Waals surface area contributed by atoms with Gasteiger partial charge < -0.3 is 10.6 Å². The molecule has 1 heterocycles. The van der Waals surface area contributed by atoms with Gasteiger partial charge in [-0.05, 0) is 19.9 Å². The van der Waals surface area contributed by atoms with Gasteiger partial charge in [0.1, 0.15) is 5.82 Å². The van der Waals surface area contributed by atoms with Crippen molar-refractivity contribution in [3.63, 3.8) is 0 Å². The minimum atomic E-state index is -0.447. The number of hydrogen-bond donors (Lipinski definition) is 2. The van der Waals surface area contributed by atoms with Crippen molar-refractivity contribution in [3.8, 4) is 0 Å². The van der Waals surface area contributed by atoms with E-state index in [2.05, 4.69) is 15.6 Å². The van der Waals surface area contributed by atoms with E-state index in [1.165, 1.54) is 6.07 Å². The summed E-state index contributed by atoms with van der Waals surface area (Å²) in [4.78, 5) is 14.3. The number of nitrogens with zero attached hydrogens (tertiary/aromatic N) is 2. The molecule has 0 bridgehead atoms. The highest BCUT2D eigenvalue weighted by atomic mass is 16.6. The van der Waals surface area contributed by atoms with Crippen molar-refractivity contribution in [1.82, 2.24) is 4.98 Å². The topological polar surface area (TPSA) is 80.1 Å². The molecule has 1 aromatic heterocycles. The van der Waals surface area contributed by atoms with Crippen LogP contribution in [0.1, 0.15) is 13.8 Å². The first kappa shape index (κ1) is 11.2. The van der Waals surface area contributed by atoms with Crippen molar-refractivity contribution in [2.75, 3.05) is 17.7 Å². The molecule has 2 N–H and O–H groups in total. The Morgan fingerprint density at radius 2 is 2.13 bits per heavy atom. The predicted molar refractivity (Wildman–Crippen MR) is 59.2 cm³/mol. The summed E-state index contributed by atoms with van der Waals surface area (Å²) in [7, 11) is 1.72. The molecule has 0 aliphatic rings. The Bertz CT molecular complexity index is 365. The SMILES string of the molecule is CNc1ccc([N+](=O)[O-])c(NC(C)C)n1. The van der Waals surface area contributed by atoms with Crippen LogP contribution in [0.3, 0.4) is 0 Å². The lowest BCUT2D eigenvalue weighted by Gasteiger charge is -2.10. The normalized spacial score (nSPS) is 10.1. The van der Waals surface area contributed by atoms with Gasteiger partial charge in [0.05, 0.1) is 4.92 Å². The third kappa shape index (κ3) is 2.80. The lowest BCUT2D eigenvalue weighted by Crippen LogP contribution is -2.13. The van der Waals surface area contributed by atoms with Gasteiger partial charge in [-0.3, -0.25) is 10.1 Å². The van der Waals surface area contributed by atoms with Gasteiger partial charge in [-0.25, -0.2) is 4.98 Å². The van der Waals surface area contributed by atoms with Crippen LogP contribution in [-0.4, -0.2) is 23.0 Å². The average molecular weight is 210 g/mol. The molecule has 0 amide bonds. The highest BCUT2D eigenvalue weighted by molar-refractivity contribution is 5.60. The summed E-state index contributed by atoms with van der Waals surface area (Å²) < 4.78 is 0. The minimum absolute atomic E-state index is 0.0114. The number of hydrogen-bond acceptors (Lipinski definition) is 5. The Hall–Kier alpha value is -1.85. The van der Waals surface area contributed by atoms with Crippen LogP contribution in [0.4, 0.5) is 17.3 Å². The smallest absolute Gasteiger partial charge is 0.311 e. The zero-order valence-electron chi connectivity index (χ0n) is 8.94. The Balaban J connectivity index is 3.10. The molecule has 0 saturated heterocycles. The third-order valence-corrected chi connectivity index (χ3v) is 1.75. The molecular weight excluding hydrogens is 196 g/mol. The summed E-state index contributed by atoms with van der Waals surface area (Å²) in [6, 6.07) is 3.11. The second kappa shape index (κ2) is 4.59. The van der Waals surface area contributed by atoms with Gasteiger partial charge in [0, 0.05) is 19.2 Å². The highest BCUT2D eigenvalue weighted by Gasteiger charge is 2.16. The molecule has 1 aromatic rings. The van der Waals surface area contributed by atoms with E-state index in [0.717, 1.165) is 0 Å². The summed E-state index contributed by atoms with van der Waals surface area (Å²) in [5, 5.41) is 16.5. The zero-order chi connectivity index (χ0) is 11.4. The first-order chi connectivity index (χ1) is 7.04. The Morgan fingerprint density at radius 1 is 1.47 bits per heavy atom. The summed E-state index contributed by atoms with van der Waals surface area (Å²) in [6.07, 6.45) is 0. The number of nitrogens with one attached hydrogen (secondary N) is 2. The minimum Gasteiger partial charge on any atom is -0.373 e. The van der Waals surface area contributed by atoms with Crippen LogP contribution in [0.5, 0.6) is 0 Å². The van der Waals surface area contributed by atoms with Crippen LogP contribution in [-0.2, 0) is 0 Å². The van der Waals surface area contributed by atoms with E-state index in [9.17, 15) is 10.1 Å². The van der Waals surface area contributed by atoms with E-state index in [1.807, 2.05) is 13.8 Å². The van der Waals surface area contributed by atoms with E-state index >= 15 is 0 Å². The van der Waals surface area contributed by atoms with Crippen molar-refractivity contribution in [2.45, 2.75) is 19.9 Å². The number of anilines is 2. The first-order valence-corrected chi connectivity index (χ1v) is 4.64. The number of aromatic nitrogens is 1. The molecule has 1 rings (SSSR count). The van der Waals surface area contributed by atoms with E-state index in [4.69, 9.17) is 0 Å². The molecule has 0 aliphatic carbocycles. The molecule has 15 heavy (non-hydrogen) atoms. The first-order valence-electron chi connectivity index (χ1n) is 4.64. The van der Waals surface area contributed by atoms with Crippen molar-refractivity contribution in [3.05, 3.63) is 22.2 Å². The molecule has 0 aliphatic heterocycles. The van der Waals surface area contributed by atoms with Crippen molar-refractivity contribution in [1.29, 1.82) is 0 Å². The maximum absolute atomic E-state index is 10.7. The summed E-state index contributed by atoms with van der Waals surface area (Å²) in [5.74, 6) is 0.894. The van der Waals surface area contributed by atoms with E-state index < -0.39 is 4.92 Å². The number of nitro groups is 1. The largest absolute Gasteiger partial charge is 0.373 e. The molecule has 0 unspecified atom stereocenters. The highest BCUT2D eigenvalue weighted by Crippen LogP contribution is 2.24. The van der Waals surface area contributed by atoms with Gasteiger partial charge in [0.2, 0.25) is 5.82 Å². The van der Waals surface area contributed by atoms with Crippen molar-refractivity contribution >= 4 is 17.3 Å². The standard InChI is InChI=1S/C9H14N4O2/c1-6(2)11-9-7(13(14)15)4-5-8(10-3)12-9/h4-6H,1-3H3,(H2,10,11,12). The molecule has 6 heteroatoms. The Kier molecular flexibility index (Phi) is 3.43. The van der Waals surface area contributed by atoms with Crippen LogP contribution in [0.15, 0.2) is 12.1 Å². The number of rotatable bonds is 4. The van der Waals surface area contributed by atoms with Crippen LogP contribution in [0, 0.1) is 10.1 Å². The third-order valence-electron chi connectivity index (χ3n) is 1.75. The predicted octanol–water partition coefficient (Wildman–Crippen LogP) is 1.85. The summed E-state index contributed by atoms with van der Waals surface area (Å²) in [5.41, 5.74) is -0.0114. The van der Waals surface area contributed by atoms with E-state index in [-0.39, 0.29) is 11.7 Å². The van der Waals surface area contributed by atoms with Gasteiger partial charge in [0.25, 0.3) is 0 Å². The molecule has 0 atom stereocenters. The molecule has 0 spiro atoms. The quantitative estimate of drug-likeness (QED) is 0.585. The molecule has 0 aromatic carbocycles. The summed E-state index contributed by atoms with van der Waals surface area (Å²) >= 11 is 0.